The average molecular weight is 361 g/mol. The number of carbonyl (C=O) groups is 1. The van der Waals surface area contributed by atoms with Crippen molar-refractivity contribution in [2.75, 3.05) is 32.9 Å². The quantitative estimate of drug-likeness (QED) is 0.700. The molecule has 0 N–H and O–H groups in total. The summed E-state index contributed by atoms with van der Waals surface area (Å²) < 4.78 is 25.5. The van der Waals surface area contributed by atoms with E-state index < -0.39 is 0 Å². The third kappa shape index (κ3) is 4.26. The zero-order valence-electron chi connectivity index (χ0n) is 15.3. The summed E-state index contributed by atoms with van der Waals surface area (Å²) in [6.07, 6.45) is 5.96. The van der Waals surface area contributed by atoms with Gasteiger partial charge in [-0.25, -0.2) is 4.39 Å². The molecule has 0 bridgehead atoms. The number of carbonyl (C=O) groups excluding carboxylic acids is 1. The second kappa shape index (κ2) is 7.65. The topological polar surface area (TPSA) is 38.8 Å². The van der Waals surface area contributed by atoms with Crippen LogP contribution < -0.4 is 0 Å². The van der Waals surface area contributed by atoms with E-state index in [1.54, 1.807) is 23.1 Å². The van der Waals surface area contributed by atoms with Crippen molar-refractivity contribution in [3.63, 3.8) is 0 Å². The number of hydrogen-bond donors (Lipinski definition) is 0. The fourth-order valence-corrected chi connectivity index (χ4v) is 4.12. The molecule has 1 saturated carbocycles. The van der Waals surface area contributed by atoms with E-state index >= 15 is 0 Å². The standard InChI is InChI=1S/C21H28FNO3/c22-19-4-2-1-3-18(19)11-20(24)23-14-21(15-23)12-16(8-10-26-21)7-9-25-13-17-5-6-17/h1-4,16-17H,5-15H2/t16-/m1/s1. The molecule has 1 atom stereocenters. The first-order valence-electron chi connectivity index (χ1n) is 9.86. The number of halogens is 1. The highest BCUT2D eigenvalue weighted by atomic mass is 19.1. The molecule has 142 valence electrons. The first-order valence-corrected chi connectivity index (χ1v) is 9.86. The highest BCUT2D eigenvalue weighted by molar-refractivity contribution is 5.80. The molecule has 5 heteroatoms. The molecule has 4 nitrogen and oxygen atoms in total. The highest BCUT2D eigenvalue weighted by Gasteiger charge is 2.48. The molecule has 0 unspecified atom stereocenters. The van der Waals surface area contributed by atoms with Crippen LogP contribution in [0.2, 0.25) is 0 Å². The number of likely N-dealkylation sites (tertiary alicyclic amines) is 1. The molecule has 1 spiro atoms. The summed E-state index contributed by atoms with van der Waals surface area (Å²) in [6, 6.07) is 6.49. The summed E-state index contributed by atoms with van der Waals surface area (Å²) in [4.78, 5) is 14.2. The highest BCUT2D eigenvalue weighted by Crippen LogP contribution is 2.38. The van der Waals surface area contributed by atoms with Crippen molar-refractivity contribution in [1.82, 2.24) is 4.90 Å². The summed E-state index contributed by atoms with van der Waals surface area (Å²) in [5.74, 6) is 1.11. The lowest BCUT2D eigenvalue weighted by molar-refractivity contribution is -0.188. The zero-order chi connectivity index (χ0) is 18.0. The van der Waals surface area contributed by atoms with Gasteiger partial charge in [0, 0.05) is 19.8 Å². The molecule has 26 heavy (non-hydrogen) atoms. The largest absolute Gasteiger partial charge is 0.381 e. The van der Waals surface area contributed by atoms with Crippen molar-refractivity contribution in [2.45, 2.75) is 44.1 Å². The third-order valence-electron chi connectivity index (χ3n) is 5.93. The monoisotopic (exact) mass is 361 g/mol. The Balaban J connectivity index is 1.21. The van der Waals surface area contributed by atoms with Gasteiger partial charge in [-0.05, 0) is 55.6 Å². The van der Waals surface area contributed by atoms with Crippen LogP contribution in [0, 0.1) is 17.7 Å². The van der Waals surface area contributed by atoms with Crippen molar-refractivity contribution in [1.29, 1.82) is 0 Å². The maximum atomic E-state index is 13.7. The van der Waals surface area contributed by atoms with Crippen molar-refractivity contribution < 1.29 is 18.7 Å². The predicted molar refractivity (Wildman–Crippen MR) is 96.3 cm³/mol. The van der Waals surface area contributed by atoms with E-state index in [-0.39, 0.29) is 23.7 Å². The Labute approximate surface area is 154 Å². The van der Waals surface area contributed by atoms with Crippen LogP contribution in [-0.2, 0) is 20.7 Å². The molecule has 1 aliphatic carbocycles. The molecule has 2 aliphatic heterocycles. The fourth-order valence-electron chi connectivity index (χ4n) is 4.12. The van der Waals surface area contributed by atoms with Gasteiger partial charge in [-0.3, -0.25) is 4.79 Å². The van der Waals surface area contributed by atoms with Crippen molar-refractivity contribution in [2.24, 2.45) is 11.8 Å². The van der Waals surface area contributed by atoms with Crippen LogP contribution in [0.1, 0.15) is 37.7 Å². The van der Waals surface area contributed by atoms with Crippen molar-refractivity contribution in [3.8, 4) is 0 Å². The minimum atomic E-state index is -0.309. The molecule has 1 aromatic rings. The van der Waals surface area contributed by atoms with Crippen molar-refractivity contribution >= 4 is 5.91 Å². The van der Waals surface area contributed by atoms with E-state index in [4.69, 9.17) is 9.47 Å². The Morgan fingerprint density at radius 1 is 1.23 bits per heavy atom. The molecule has 4 rings (SSSR count). The van der Waals surface area contributed by atoms with E-state index in [2.05, 4.69) is 0 Å². The molecule has 3 fully saturated rings. The normalized spacial score (nSPS) is 24.5. The Morgan fingerprint density at radius 3 is 2.81 bits per heavy atom. The number of nitrogens with zero attached hydrogens (tertiary/aromatic N) is 1. The van der Waals surface area contributed by atoms with E-state index in [0.29, 0.717) is 24.6 Å². The van der Waals surface area contributed by atoms with Gasteiger partial charge in [0.2, 0.25) is 5.91 Å². The van der Waals surface area contributed by atoms with Gasteiger partial charge in [-0.1, -0.05) is 18.2 Å². The second-order valence-electron chi connectivity index (χ2n) is 8.22. The van der Waals surface area contributed by atoms with E-state index in [1.165, 1.54) is 18.9 Å². The van der Waals surface area contributed by atoms with Crippen LogP contribution in [-0.4, -0.2) is 49.3 Å². The van der Waals surface area contributed by atoms with E-state index in [0.717, 1.165) is 45.0 Å². The summed E-state index contributed by atoms with van der Waals surface area (Å²) >= 11 is 0. The maximum absolute atomic E-state index is 13.7. The molecular formula is C21H28FNO3. The van der Waals surface area contributed by atoms with Crippen molar-refractivity contribution in [3.05, 3.63) is 35.6 Å². The Kier molecular flexibility index (Phi) is 5.28. The number of benzene rings is 1. The van der Waals surface area contributed by atoms with E-state index in [1.807, 2.05) is 0 Å². The van der Waals surface area contributed by atoms with Gasteiger partial charge in [-0.15, -0.1) is 0 Å². The van der Waals surface area contributed by atoms with Gasteiger partial charge in [0.1, 0.15) is 11.4 Å². The van der Waals surface area contributed by atoms with Gasteiger partial charge < -0.3 is 14.4 Å². The lowest BCUT2D eigenvalue weighted by atomic mass is 9.79. The van der Waals surface area contributed by atoms with Crippen LogP contribution in [0.4, 0.5) is 4.39 Å². The molecule has 0 radical (unpaired) electrons. The lowest BCUT2D eigenvalue weighted by Gasteiger charge is -2.53. The molecule has 0 aromatic heterocycles. The predicted octanol–water partition coefficient (Wildman–Crippen LogP) is 3.19. The zero-order valence-corrected chi connectivity index (χ0v) is 15.3. The van der Waals surface area contributed by atoms with Crippen LogP contribution in [0.5, 0.6) is 0 Å². The molecule has 2 saturated heterocycles. The Morgan fingerprint density at radius 2 is 2.04 bits per heavy atom. The summed E-state index contributed by atoms with van der Waals surface area (Å²) in [7, 11) is 0. The number of rotatable bonds is 7. The molecular weight excluding hydrogens is 333 g/mol. The maximum Gasteiger partial charge on any atom is 0.227 e. The minimum absolute atomic E-state index is 0.0146. The Hall–Kier alpha value is -1.46. The van der Waals surface area contributed by atoms with Gasteiger partial charge >= 0.3 is 0 Å². The molecule has 2 heterocycles. The van der Waals surface area contributed by atoms with E-state index in [9.17, 15) is 9.18 Å². The van der Waals surface area contributed by atoms with Crippen LogP contribution in [0.15, 0.2) is 24.3 Å². The van der Waals surface area contributed by atoms with Gasteiger partial charge in [-0.2, -0.15) is 0 Å². The SMILES string of the molecule is O=C(Cc1ccccc1F)N1CC2(C[C@H](CCOCC3CC3)CCO2)C1. The average Bonchev–Trinajstić information content (AvgIpc) is 3.43. The van der Waals surface area contributed by atoms with Crippen LogP contribution >= 0.6 is 0 Å². The molecule has 1 amide bonds. The van der Waals surface area contributed by atoms with Crippen LogP contribution in [0.3, 0.4) is 0 Å². The van der Waals surface area contributed by atoms with Crippen LogP contribution in [0.25, 0.3) is 0 Å². The Bertz CT molecular complexity index is 640. The number of ether oxygens (including phenoxy) is 2. The fraction of sp³-hybridized carbons (Fsp3) is 0.667. The third-order valence-corrected chi connectivity index (χ3v) is 5.93. The molecule has 3 aliphatic rings. The first kappa shape index (κ1) is 17.9. The van der Waals surface area contributed by atoms with Gasteiger partial charge in [0.05, 0.1) is 19.5 Å². The summed E-state index contributed by atoms with van der Waals surface area (Å²) in [6.45, 7) is 3.81. The number of hydrogen-bond acceptors (Lipinski definition) is 3. The smallest absolute Gasteiger partial charge is 0.227 e. The van der Waals surface area contributed by atoms with Gasteiger partial charge in [0.15, 0.2) is 0 Å². The first-order chi connectivity index (χ1) is 12.6. The van der Waals surface area contributed by atoms with Gasteiger partial charge in [0.25, 0.3) is 0 Å². The molecule has 1 aromatic carbocycles. The number of amides is 1. The summed E-state index contributed by atoms with van der Waals surface area (Å²) in [5, 5.41) is 0. The lowest BCUT2D eigenvalue weighted by Crippen LogP contribution is -2.66. The summed E-state index contributed by atoms with van der Waals surface area (Å²) in [5.41, 5.74) is 0.290. The second-order valence-corrected chi connectivity index (χ2v) is 8.22. The minimum Gasteiger partial charge on any atom is -0.381 e.